The largest absolute Gasteiger partial charge is 0.300 e. The van der Waals surface area contributed by atoms with Crippen LogP contribution in [0.5, 0.6) is 0 Å². The summed E-state index contributed by atoms with van der Waals surface area (Å²) in [5.41, 5.74) is 0. The van der Waals surface area contributed by atoms with E-state index in [1.807, 2.05) is 0 Å². The number of ketones is 1. The van der Waals surface area contributed by atoms with Crippen LogP contribution in [0.1, 0.15) is 44.9 Å². The third kappa shape index (κ3) is 4.16. The van der Waals surface area contributed by atoms with Crippen molar-refractivity contribution in [3.05, 3.63) is 0 Å². The summed E-state index contributed by atoms with van der Waals surface area (Å²) in [7, 11) is 0. The highest BCUT2D eigenvalue weighted by atomic mass is 16.2. The van der Waals surface area contributed by atoms with Crippen molar-refractivity contribution in [3.63, 3.8) is 0 Å². The normalized spacial score (nSPS) is 21.3. The second-order valence-corrected chi connectivity index (χ2v) is 3.57. The van der Waals surface area contributed by atoms with Crippen LogP contribution in [0.4, 0.5) is 0 Å². The predicted octanol–water partition coefficient (Wildman–Crippen LogP) is 0.943. The van der Waals surface area contributed by atoms with Gasteiger partial charge < -0.3 is 0 Å². The van der Waals surface area contributed by atoms with Gasteiger partial charge in [-0.1, -0.05) is 6.42 Å². The minimum absolute atomic E-state index is 0.120. The molecule has 4 heteroatoms. The lowest BCUT2D eigenvalue weighted by atomic mass is 10.1. The van der Waals surface area contributed by atoms with Gasteiger partial charge in [0.15, 0.2) is 0 Å². The van der Waals surface area contributed by atoms with Crippen LogP contribution in [0.3, 0.4) is 0 Å². The number of nitrogens with one attached hydrogen (secondary N) is 1. The molecular formula is C10H15NO3. The first kappa shape index (κ1) is 10.9. The van der Waals surface area contributed by atoms with Gasteiger partial charge in [-0.05, 0) is 12.8 Å². The fraction of sp³-hybridized carbons (Fsp3) is 0.700. The first-order chi connectivity index (χ1) is 6.68. The van der Waals surface area contributed by atoms with Gasteiger partial charge in [0.2, 0.25) is 11.8 Å². The lowest BCUT2D eigenvalue weighted by molar-refractivity contribution is -0.131. The van der Waals surface area contributed by atoms with Crippen LogP contribution in [0.25, 0.3) is 0 Å². The molecule has 14 heavy (non-hydrogen) atoms. The molecule has 4 nitrogen and oxygen atoms in total. The molecule has 0 unspecified atom stereocenters. The van der Waals surface area contributed by atoms with Crippen molar-refractivity contribution in [2.45, 2.75) is 44.9 Å². The molecule has 1 fully saturated rings. The summed E-state index contributed by atoms with van der Waals surface area (Å²) < 4.78 is 0. The van der Waals surface area contributed by atoms with E-state index in [1.54, 1.807) is 0 Å². The quantitative estimate of drug-likeness (QED) is 0.588. The van der Waals surface area contributed by atoms with Crippen molar-refractivity contribution in [3.8, 4) is 0 Å². The molecule has 0 spiro atoms. The van der Waals surface area contributed by atoms with Crippen LogP contribution in [0.2, 0.25) is 0 Å². The van der Waals surface area contributed by atoms with Crippen LogP contribution >= 0.6 is 0 Å². The second kappa shape index (κ2) is 5.52. The van der Waals surface area contributed by atoms with E-state index < -0.39 is 0 Å². The fourth-order valence-corrected chi connectivity index (χ4v) is 1.44. The highest BCUT2D eigenvalue weighted by Crippen LogP contribution is 2.07. The Morgan fingerprint density at radius 3 is 2.14 bits per heavy atom. The zero-order chi connectivity index (χ0) is 10.4. The zero-order valence-electron chi connectivity index (χ0n) is 8.17. The molecule has 0 saturated carbocycles. The standard InChI is InChI=1S/C10H15NO3/c12-8-4-2-1-3-5-9(13)11-10(14)7-6-8/h1-7H2,(H,11,13,14). The molecule has 1 aliphatic rings. The number of hydrogen-bond acceptors (Lipinski definition) is 3. The van der Waals surface area contributed by atoms with E-state index >= 15 is 0 Å². The maximum Gasteiger partial charge on any atom is 0.226 e. The molecule has 1 heterocycles. The topological polar surface area (TPSA) is 63.2 Å². The van der Waals surface area contributed by atoms with E-state index in [-0.39, 0.29) is 30.4 Å². The highest BCUT2D eigenvalue weighted by Gasteiger charge is 2.11. The average molecular weight is 197 g/mol. The maximum atomic E-state index is 11.2. The summed E-state index contributed by atoms with van der Waals surface area (Å²) >= 11 is 0. The molecule has 78 valence electrons. The number of imide groups is 1. The van der Waals surface area contributed by atoms with Crippen LogP contribution < -0.4 is 5.32 Å². The van der Waals surface area contributed by atoms with Crippen molar-refractivity contribution in [2.75, 3.05) is 0 Å². The summed E-state index contributed by atoms with van der Waals surface area (Å²) in [6, 6.07) is 0. The van der Waals surface area contributed by atoms with Crippen LogP contribution in [0, 0.1) is 0 Å². The number of Topliss-reactive ketones (excluding diaryl/α,β-unsaturated/α-hetero) is 1. The average Bonchev–Trinajstić information content (AvgIpc) is 2.15. The van der Waals surface area contributed by atoms with Gasteiger partial charge in [-0.25, -0.2) is 0 Å². The Labute approximate surface area is 83.1 Å². The number of carbonyl (C=O) groups excluding carboxylic acids is 3. The zero-order valence-corrected chi connectivity index (χ0v) is 8.17. The van der Waals surface area contributed by atoms with Crippen molar-refractivity contribution >= 4 is 17.6 Å². The first-order valence-electron chi connectivity index (χ1n) is 5.03. The molecule has 0 radical (unpaired) electrons. The molecule has 1 N–H and O–H groups in total. The number of carbonyl (C=O) groups is 3. The molecule has 1 saturated heterocycles. The molecule has 1 rings (SSSR count). The van der Waals surface area contributed by atoms with E-state index in [0.29, 0.717) is 12.8 Å². The highest BCUT2D eigenvalue weighted by molar-refractivity contribution is 5.96. The third-order valence-electron chi connectivity index (χ3n) is 2.27. The SMILES string of the molecule is O=C1CCCCCC(=O)NC(=O)CC1. The Hall–Kier alpha value is -1.19. The Bertz CT molecular complexity index is 248. The molecule has 0 aromatic rings. The van der Waals surface area contributed by atoms with Gasteiger partial charge in [-0.3, -0.25) is 19.7 Å². The maximum absolute atomic E-state index is 11.2. The van der Waals surface area contributed by atoms with Crippen molar-refractivity contribution in [1.29, 1.82) is 0 Å². The number of amides is 2. The fourth-order valence-electron chi connectivity index (χ4n) is 1.44. The van der Waals surface area contributed by atoms with Crippen molar-refractivity contribution < 1.29 is 14.4 Å². The minimum Gasteiger partial charge on any atom is -0.300 e. The first-order valence-corrected chi connectivity index (χ1v) is 5.03. The monoisotopic (exact) mass is 197 g/mol. The minimum atomic E-state index is -0.328. The van der Waals surface area contributed by atoms with E-state index in [9.17, 15) is 14.4 Å². The molecule has 0 aromatic heterocycles. The molecule has 0 bridgehead atoms. The third-order valence-corrected chi connectivity index (χ3v) is 2.27. The van der Waals surface area contributed by atoms with E-state index in [1.165, 1.54) is 0 Å². The van der Waals surface area contributed by atoms with Crippen molar-refractivity contribution in [2.24, 2.45) is 0 Å². The molecule has 0 atom stereocenters. The smallest absolute Gasteiger partial charge is 0.226 e. The summed E-state index contributed by atoms with van der Waals surface area (Å²) in [6.45, 7) is 0. The van der Waals surface area contributed by atoms with E-state index in [4.69, 9.17) is 0 Å². The number of hydrogen-bond donors (Lipinski definition) is 1. The molecule has 0 aromatic carbocycles. The second-order valence-electron chi connectivity index (χ2n) is 3.57. The molecular weight excluding hydrogens is 182 g/mol. The Kier molecular flexibility index (Phi) is 4.29. The lowest BCUT2D eigenvalue weighted by Gasteiger charge is -2.00. The Morgan fingerprint density at radius 2 is 1.36 bits per heavy atom. The predicted molar refractivity (Wildman–Crippen MR) is 50.5 cm³/mol. The van der Waals surface area contributed by atoms with Crippen LogP contribution in [-0.2, 0) is 14.4 Å². The number of rotatable bonds is 0. The van der Waals surface area contributed by atoms with Gasteiger partial charge in [0.1, 0.15) is 5.78 Å². The van der Waals surface area contributed by atoms with Crippen molar-refractivity contribution in [1.82, 2.24) is 5.32 Å². The molecule has 1 aliphatic heterocycles. The Balaban J connectivity index is 2.46. The van der Waals surface area contributed by atoms with Gasteiger partial charge in [0.25, 0.3) is 0 Å². The van der Waals surface area contributed by atoms with Gasteiger partial charge in [-0.2, -0.15) is 0 Å². The lowest BCUT2D eigenvalue weighted by Crippen LogP contribution is -2.30. The summed E-state index contributed by atoms with van der Waals surface area (Å²) in [6.07, 6.45) is 3.81. The Morgan fingerprint density at radius 1 is 0.714 bits per heavy atom. The van der Waals surface area contributed by atoms with E-state index in [0.717, 1.165) is 19.3 Å². The molecule has 0 aliphatic carbocycles. The summed E-state index contributed by atoms with van der Waals surface area (Å²) in [5.74, 6) is -0.427. The van der Waals surface area contributed by atoms with Gasteiger partial charge in [0.05, 0.1) is 0 Å². The van der Waals surface area contributed by atoms with Gasteiger partial charge >= 0.3 is 0 Å². The van der Waals surface area contributed by atoms with Gasteiger partial charge in [-0.15, -0.1) is 0 Å². The van der Waals surface area contributed by atoms with E-state index in [2.05, 4.69) is 5.32 Å². The van der Waals surface area contributed by atoms with Crippen LogP contribution in [-0.4, -0.2) is 17.6 Å². The molecule has 2 amide bonds. The van der Waals surface area contributed by atoms with Gasteiger partial charge in [0, 0.05) is 25.7 Å². The van der Waals surface area contributed by atoms with Crippen LogP contribution in [0.15, 0.2) is 0 Å². The summed E-state index contributed by atoms with van der Waals surface area (Å²) in [4.78, 5) is 33.3. The summed E-state index contributed by atoms with van der Waals surface area (Å²) in [5, 5.41) is 2.27.